The summed E-state index contributed by atoms with van der Waals surface area (Å²) in [4.78, 5) is 4.06. The number of benzene rings is 2. The van der Waals surface area contributed by atoms with Gasteiger partial charge in [0.2, 0.25) is 5.90 Å². The van der Waals surface area contributed by atoms with Crippen LogP contribution in [0.5, 0.6) is 0 Å². The van der Waals surface area contributed by atoms with E-state index in [0.717, 1.165) is 17.7 Å². The molecule has 0 fully saturated rings. The summed E-state index contributed by atoms with van der Waals surface area (Å²) in [6, 6.07) is 10.5. The molecule has 0 radical (unpaired) electrons. The van der Waals surface area contributed by atoms with Crippen molar-refractivity contribution in [2.75, 3.05) is 6.61 Å². The standard InChI is InChI=1S/C20H19F3N2O4S/c1-13-4-10-16(11-5-13)30(26,27)29-25-17(20(21,22)23)14-6-8-15(9-7-14)18-24-19(2,3)12-28-18/h4-11H,12H2,1-3H3/b25-17+. The summed E-state index contributed by atoms with van der Waals surface area (Å²) in [6.45, 7) is 5.84. The maximum atomic E-state index is 13.5. The fourth-order valence-electron chi connectivity index (χ4n) is 2.61. The molecule has 0 unspecified atom stereocenters. The van der Waals surface area contributed by atoms with E-state index in [1.807, 2.05) is 13.8 Å². The molecule has 0 bridgehead atoms. The van der Waals surface area contributed by atoms with Gasteiger partial charge >= 0.3 is 16.3 Å². The number of rotatable bonds is 5. The van der Waals surface area contributed by atoms with Crippen molar-refractivity contribution < 1.29 is 30.6 Å². The Balaban J connectivity index is 1.89. The van der Waals surface area contributed by atoms with Gasteiger partial charge in [0.25, 0.3) is 0 Å². The molecule has 0 N–H and O–H groups in total. The van der Waals surface area contributed by atoms with Crippen LogP contribution < -0.4 is 0 Å². The first-order valence-electron chi connectivity index (χ1n) is 8.86. The predicted octanol–water partition coefficient (Wildman–Crippen LogP) is 4.22. The van der Waals surface area contributed by atoms with Gasteiger partial charge < -0.3 is 4.74 Å². The van der Waals surface area contributed by atoms with Crippen molar-refractivity contribution in [3.05, 3.63) is 65.2 Å². The second-order valence-corrected chi connectivity index (χ2v) is 8.90. The molecule has 2 aromatic carbocycles. The molecule has 2 aromatic rings. The largest absolute Gasteiger partial charge is 0.475 e. The van der Waals surface area contributed by atoms with Gasteiger partial charge in [-0.15, -0.1) is 0 Å². The summed E-state index contributed by atoms with van der Waals surface area (Å²) < 4.78 is 74.6. The topological polar surface area (TPSA) is 77.3 Å². The van der Waals surface area contributed by atoms with Crippen molar-refractivity contribution in [1.29, 1.82) is 0 Å². The highest BCUT2D eigenvalue weighted by molar-refractivity contribution is 7.86. The molecule has 1 aliphatic heterocycles. The fourth-order valence-corrected chi connectivity index (χ4v) is 3.33. The van der Waals surface area contributed by atoms with Gasteiger partial charge in [-0.05, 0) is 45.0 Å². The van der Waals surface area contributed by atoms with Crippen molar-refractivity contribution in [1.82, 2.24) is 0 Å². The molecule has 3 rings (SSSR count). The minimum atomic E-state index is -4.94. The SMILES string of the molecule is Cc1ccc(S(=O)(=O)O/N=C(\c2ccc(C3=NC(C)(C)CO3)cc2)C(F)(F)F)cc1. The Labute approximate surface area is 172 Å². The van der Waals surface area contributed by atoms with E-state index < -0.39 is 27.5 Å². The summed E-state index contributed by atoms with van der Waals surface area (Å²) in [5, 5.41) is 2.93. The lowest BCUT2D eigenvalue weighted by molar-refractivity contribution is -0.0597. The molecule has 0 atom stereocenters. The van der Waals surface area contributed by atoms with Crippen LogP contribution >= 0.6 is 0 Å². The number of nitrogens with zero attached hydrogens (tertiary/aromatic N) is 2. The van der Waals surface area contributed by atoms with Crippen LogP contribution in [0.25, 0.3) is 0 Å². The molecule has 30 heavy (non-hydrogen) atoms. The lowest BCUT2D eigenvalue weighted by atomic mass is 10.1. The second kappa shape index (κ2) is 7.75. The zero-order chi connectivity index (χ0) is 22.2. The zero-order valence-corrected chi connectivity index (χ0v) is 17.2. The molecule has 1 aliphatic rings. The number of aryl methyl sites for hydroxylation is 1. The van der Waals surface area contributed by atoms with Crippen molar-refractivity contribution >= 4 is 21.7 Å². The number of hydrogen-bond donors (Lipinski definition) is 0. The molecule has 1 heterocycles. The first-order valence-corrected chi connectivity index (χ1v) is 10.3. The highest BCUT2D eigenvalue weighted by Gasteiger charge is 2.38. The van der Waals surface area contributed by atoms with E-state index in [-0.39, 0.29) is 10.5 Å². The molecule has 0 amide bonds. The third-order valence-corrected chi connectivity index (χ3v) is 5.30. The van der Waals surface area contributed by atoms with Crippen LogP contribution in [0.4, 0.5) is 13.2 Å². The Bertz CT molecular complexity index is 1090. The monoisotopic (exact) mass is 440 g/mol. The van der Waals surface area contributed by atoms with E-state index in [4.69, 9.17) is 4.74 Å². The Hall–Kier alpha value is -2.88. The first kappa shape index (κ1) is 21.8. The number of hydrogen-bond acceptors (Lipinski definition) is 6. The smallest absolute Gasteiger partial charge is 0.437 e. The van der Waals surface area contributed by atoms with Crippen LogP contribution in [-0.2, 0) is 19.1 Å². The quantitative estimate of drug-likeness (QED) is 0.515. The molecule has 0 aliphatic carbocycles. The van der Waals surface area contributed by atoms with Gasteiger partial charge in [-0.25, -0.2) is 4.99 Å². The Kier molecular flexibility index (Phi) is 5.64. The van der Waals surface area contributed by atoms with Crippen LogP contribution in [0.1, 0.15) is 30.5 Å². The van der Waals surface area contributed by atoms with Gasteiger partial charge in [-0.3, -0.25) is 4.28 Å². The number of aliphatic imine (C=N–C) groups is 1. The van der Waals surface area contributed by atoms with Crippen molar-refractivity contribution in [3.63, 3.8) is 0 Å². The highest BCUT2D eigenvalue weighted by Crippen LogP contribution is 2.26. The summed E-state index contributed by atoms with van der Waals surface area (Å²) in [5.41, 5.74) is -0.959. The van der Waals surface area contributed by atoms with E-state index in [9.17, 15) is 21.6 Å². The van der Waals surface area contributed by atoms with Gasteiger partial charge in [0.1, 0.15) is 11.5 Å². The normalized spacial score (nSPS) is 16.7. The second-order valence-electron chi connectivity index (χ2n) is 7.37. The van der Waals surface area contributed by atoms with Crippen LogP contribution in [-0.4, -0.2) is 38.3 Å². The fraction of sp³-hybridized carbons (Fsp3) is 0.300. The van der Waals surface area contributed by atoms with Gasteiger partial charge in [-0.2, -0.15) is 21.6 Å². The van der Waals surface area contributed by atoms with Gasteiger partial charge in [0.05, 0.1) is 5.54 Å². The predicted molar refractivity (Wildman–Crippen MR) is 105 cm³/mol. The number of alkyl halides is 3. The van der Waals surface area contributed by atoms with E-state index in [1.54, 1.807) is 6.92 Å². The zero-order valence-electron chi connectivity index (χ0n) is 16.4. The average molecular weight is 440 g/mol. The van der Waals surface area contributed by atoms with E-state index >= 15 is 0 Å². The minimum Gasteiger partial charge on any atom is -0.475 e. The summed E-state index contributed by atoms with van der Waals surface area (Å²) in [6.07, 6.45) is -4.94. The third-order valence-electron chi connectivity index (χ3n) is 4.18. The Morgan fingerprint density at radius 1 is 1.10 bits per heavy atom. The minimum absolute atomic E-state index is 0.298. The number of oxime groups is 1. The lowest BCUT2D eigenvalue weighted by Gasteiger charge is -2.11. The van der Waals surface area contributed by atoms with Crippen LogP contribution in [0.2, 0.25) is 0 Å². The maximum Gasteiger partial charge on any atom is 0.437 e. The summed E-state index contributed by atoms with van der Waals surface area (Å²) >= 11 is 0. The molecule has 6 nitrogen and oxygen atoms in total. The van der Waals surface area contributed by atoms with Crippen LogP contribution in [0, 0.1) is 6.92 Å². The van der Waals surface area contributed by atoms with Crippen molar-refractivity contribution in [2.45, 2.75) is 37.4 Å². The molecule has 0 saturated heterocycles. The summed E-state index contributed by atoms with van der Waals surface area (Å²) in [7, 11) is -4.50. The highest BCUT2D eigenvalue weighted by atomic mass is 32.2. The molecule has 160 valence electrons. The first-order chi connectivity index (χ1) is 13.9. The molecular weight excluding hydrogens is 421 g/mol. The van der Waals surface area contributed by atoms with Crippen LogP contribution in [0.3, 0.4) is 0 Å². The Morgan fingerprint density at radius 3 is 2.20 bits per heavy atom. The lowest BCUT2D eigenvalue weighted by Crippen LogP contribution is -2.25. The number of ether oxygens (including phenoxy) is 1. The third kappa shape index (κ3) is 4.99. The van der Waals surface area contributed by atoms with E-state index in [2.05, 4.69) is 14.4 Å². The average Bonchev–Trinajstić information content (AvgIpc) is 3.01. The molecule has 10 heteroatoms. The Morgan fingerprint density at radius 2 is 1.70 bits per heavy atom. The van der Waals surface area contributed by atoms with Gasteiger partial charge in [0, 0.05) is 11.1 Å². The maximum absolute atomic E-state index is 13.5. The van der Waals surface area contributed by atoms with Crippen molar-refractivity contribution in [3.8, 4) is 0 Å². The van der Waals surface area contributed by atoms with E-state index in [1.165, 1.54) is 36.4 Å². The molecule has 0 aromatic heterocycles. The molecular formula is C20H19F3N2O4S. The van der Waals surface area contributed by atoms with Crippen LogP contribution in [0.15, 0.2) is 63.6 Å². The van der Waals surface area contributed by atoms with Gasteiger partial charge in [-0.1, -0.05) is 35.0 Å². The van der Waals surface area contributed by atoms with Gasteiger partial charge in [0.15, 0.2) is 5.71 Å². The molecule has 0 spiro atoms. The number of halogens is 3. The molecule has 0 saturated carbocycles. The van der Waals surface area contributed by atoms with E-state index in [0.29, 0.717) is 18.1 Å². The van der Waals surface area contributed by atoms with Crippen molar-refractivity contribution in [2.24, 2.45) is 10.1 Å². The summed E-state index contributed by atoms with van der Waals surface area (Å²) in [5.74, 6) is 0.329.